The fourth-order valence-electron chi connectivity index (χ4n) is 2.49. The van der Waals surface area contributed by atoms with Crippen LogP contribution in [0.3, 0.4) is 0 Å². The largest absolute Gasteiger partial charge is 0.484 e. The minimum absolute atomic E-state index is 0.134. The Morgan fingerprint density at radius 2 is 1.64 bits per heavy atom. The van der Waals surface area contributed by atoms with Crippen molar-refractivity contribution in [3.05, 3.63) is 97.0 Å². The molecule has 3 rings (SSSR count). The van der Waals surface area contributed by atoms with Gasteiger partial charge < -0.3 is 9.47 Å². The van der Waals surface area contributed by atoms with Crippen molar-refractivity contribution < 1.29 is 24.1 Å². The van der Waals surface area contributed by atoms with Crippen molar-refractivity contribution in [2.75, 3.05) is 6.61 Å². The van der Waals surface area contributed by atoms with Crippen LogP contribution in [0.2, 0.25) is 0 Å². The summed E-state index contributed by atoms with van der Waals surface area (Å²) < 4.78 is 11.7. The Kier molecular flexibility index (Phi) is 7.65. The van der Waals surface area contributed by atoms with Crippen molar-refractivity contribution in [2.45, 2.75) is 0 Å². The third-order valence-electron chi connectivity index (χ3n) is 4.04. The van der Waals surface area contributed by atoms with Gasteiger partial charge in [0, 0.05) is 10.5 Å². The predicted molar refractivity (Wildman–Crippen MR) is 122 cm³/mol. The van der Waals surface area contributed by atoms with Crippen LogP contribution in [0, 0.1) is 20.2 Å². The Labute approximate surface area is 195 Å². The van der Waals surface area contributed by atoms with E-state index in [9.17, 15) is 25.0 Å². The van der Waals surface area contributed by atoms with Gasteiger partial charge >= 0.3 is 5.69 Å². The second-order valence-electron chi connectivity index (χ2n) is 6.37. The molecule has 0 atom stereocenters. The second-order valence-corrected chi connectivity index (χ2v) is 7.29. The average molecular weight is 515 g/mol. The van der Waals surface area contributed by atoms with Gasteiger partial charge in [-0.15, -0.1) is 0 Å². The molecule has 0 bridgehead atoms. The summed E-state index contributed by atoms with van der Waals surface area (Å²) in [6.07, 6.45) is 1.40. The summed E-state index contributed by atoms with van der Waals surface area (Å²) in [5, 5.41) is 25.9. The van der Waals surface area contributed by atoms with E-state index in [0.717, 1.165) is 22.7 Å². The van der Waals surface area contributed by atoms with E-state index in [0.29, 0.717) is 11.3 Å². The summed E-state index contributed by atoms with van der Waals surface area (Å²) in [5.74, 6) is 0.238. The van der Waals surface area contributed by atoms with E-state index in [4.69, 9.17) is 9.47 Å². The van der Waals surface area contributed by atoms with E-state index in [-0.39, 0.29) is 18.1 Å². The van der Waals surface area contributed by atoms with Gasteiger partial charge in [0.2, 0.25) is 5.75 Å². The minimum Gasteiger partial charge on any atom is -0.484 e. The third-order valence-corrected chi connectivity index (χ3v) is 4.57. The first kappa shape index (κ1) is 23.3. The summed E-state index contributed by atoms with van der Waals surface area (Å²) in [5.41, 5.74) is 2.02. The highest BCUT2D eigenvalue weighted by Gasteiger charge is 2.21. The van der Waals surface area contributed by atoms with E-state index in [1.165, 1.54) is 18.3 Å². The maximum atomic E-state index is 11.8. The van der Waals surface area contributed by atoms with Gasteiger partial charge in [-0.05, 0) is 60.2 Å². The van der Waals surface area contributed by atoms with Crippen LogP contribution in [0.25, 0.3) is 0 Å². The first-order valence-electron chi connectivity index (χ1n) is 9.23. The standard InChI is InChI=1S/C21H15BrN4O7/c22-15-3-8-17(9-4-15)32-13-21(27)24-23-12-14-1-6-18(7-2-14)33-20-10-5-16(25(28)29)11-19(20)26(30)31/h1-12H,13H2,(H,24,27). The molecule has 0 aliphatic carbocycles. The molecule has 168 valence electrons. The second kappa shape index (κ2) is 10.8. The summed E-state index contributed by atoms with van der Waals surface area (Å²) in [6.45, 7) is -0.209. The Bertz CT molecular complexity index is 1200. The maximum Gasteiger partial charge on any atom is 0.318 e. The molecule has 12 heteroatoms. The summed E-state index contributed by atoms with van der Waals surface area (Å²) in [4.78, 5) is 32.3. The number of benzene rings is 3. The monoisotopic (exact) mass is 514 g/mol. The first-order valence-corrected chi connectivity index (χ1v) is 10.0. The van der Waals surface area contributed by atoms with Crippen LogP contribution >= 0.6 is 15.9 Å². The normalized spacial score (nSPS) is 10.6. The van der Waals surface area contributed by atoms with Gasteiger partial charge in [-0.1, -0.05) is 15.9 Å². The number of hydrazone groups is 1. The highest BCUT2D eigenvalue weighted by atomic mass is 79.9. The number of hydrogen-bond acceptors (Lipinski definition) is 8. The minimum atomic E-state index is -0.757. The van der Waals surface area contributed by atoms with Crippen LogP contribution in [-0.4, -0.2) is 28.6 Å². The number of rotatable bonds is 9. The number of amides is 1. The topological polar surface area (TPSA) is 146 Å². The number of non-ortho nitro benzene ring substituents is 1. The van der Waals surface area contributed by atoms with Crippen molar-refractivity contribution in [1.82, 2.24) is 5.43 Å². The van der Waals surface area contributed by atoms with Crippen LogP contribution < -0.4 is 14.9 Å². The van der Waals surface area contributed by atoms with E-state index in [2.05, 4.69) is 26.5 Å². The summed E-state index contributed by atoms with van der Waals surface area (Å²) >= 11 is 3.31. The Hall–Kier alpha value is -4.32. The third kappa shape index (κ3) is 6.83. The maximum absolute atomic E-state index is 11.8. The number of nitro benzene ring substituents is 2. The molecule has 3 aromatic carbocycles. The zero-order chi connectivity index (χ0) is 23.8. The van der Waals surface area contributed by atoms with E-state index in [1.54, 1.807) is 36.4 Å². The number of nitrogens with one attached hydrogen (secondary N) is 1. The predicted octanol–water partition coefficient (Wildman–Crippen LogP) is 4.59. The molecular formula is C21H15BrN4O7. The number of ether oxygens (including phenoxy) is 2. The lowest BCUT2D eigenvalue weighted by atomic mass is 10.2. The van der Waals surface area contributed by atoms with Gasteiger partial charge in [-0.3, -0.25) is 25.0 Å². The number of halogens is 1. The summed E-state index contributed by atoms with van der Waals surface area (Å²) in [7, 11) is 0. The number of nitrogens with zero attached hydrogens (tertiary/aromatic N) is 3. The van der Waals surface area contributed by atoms with Crippen molar-refractivity contribution in [1.29, 1.82) is 0 Å². The lowest BCUT2D eigenvalue weighted by Crippen LogP contribution is -2.24. The molecule has 0 aliphatic heterocycles. The van der Waals surface area contributed by atoms with Gasteiger partial charge in [0.1, 0.15) is 11.5 Å². The molecule has 0 spiro atoms. The van der Waals surface area contributed by atoms with Gasteiger partial charge in [0.15, 0.2) is 6.61 Å². The van der Waals surface area contributed by atoms with Gasteiger partial charge in [0.25, 0.3) is 11.6 Å². The number of nitro groups is 2. The van der Waals surface area contributed by atoms with E-state index in [1.807, 2.05) is 0 Å². The van der Waals surface area contributed by atoms with Crippen molar-refractivity contribution in [2.24, 2.45) is 5.10 Å². The molecule has 0 aromatic heterocycles. The van der Waals surface area contributed by atoms with Gasteiger partial charge in [0.05, 0.1) is 22.1 Å². The lowest BCUT2D eigenvalue weighted by molar-refractivity contribution is -0.394. The fraction of sp³-hybridized carbons (Fsp3) is 0.0476. The van der Waals surface area contributed by atoms with Crippen molar-refractivity contribution >= 4 is 39.4 Å². The van der Waals surface area contributed by atoms with E-state index < -0.39 is 27.1 Å². The van der Waals surface area contributed by atoms with Gasteiger partial charge in [-0.2, -0.15) is 5.10 Å². The van der Waals surface area contributed by atoms with E-state index >= 15 is 0 Å². The zero-order valence-corrected chi connectivity index (χ0v) is 18.3. The fourth-order valence-corrected chi connectivity index (χ4v) is 2.75. The lowest BCUT2D eigenvalue weighted by Gasteiger charge is -2.06. The molecule has 1 N–H and O–H groups in total. The van der Waals surface area contributed by atoms with Crippen LogP contribution in [-0.2, 0) is 4.79 Å². The van der Waals surface area contributed by atoms with Crippen LogP contribution in [0.15, 0.2) is 76.3 Å². The number of carbonyl (C=O) groups is 1. The summed E-state index contributed by atoms with van der Waals surface area (Å²) in [6, 6.07) is 16.4. The SMILES string of the molecule is O=C(COc1ccc(Br)cc1)NN=Cc1ccc(Oc2ccc([N+](=O)[O-])cc2[N+](=O)[O-])cc1. The van der Waals surface area contributed by atoms with Crippen molar-refractivity contribution in [3.8, 4) is 17.2 Å². The Morgan fingerprint density at radius 1 is 0.970 bits per heavy atom. The Morgan fingerprint density at radius 3 is 2.27 bits per heavy atom. The van der Waals surface area contributed by atoms with Crippen LogP contribution in [0.1, 0.15) is 5.56 Å². The first-order chi connectivity index (χ1) is 15.8. The molecule has 33 heavy (non-hydrogen) atoms. The molecule has 0 aliphatic rings. The molecule has 0 unspecified atom stereocenters. The molecule has 0 heterocycles. The average Bonchev–Trinajstić information content (AvgIpc) is 2.80. The van der Waals surface area contributed by atoms with Crippen molar-refractivity contribution in [3.63, 3.8) is 0 Å². The molecular weight excluding hydrogens is 500 g/mol. The highest BCUT2D eigenvalue weighted by molar-refractivity contribution is 9.10. The highest BCUT2D eigenvalue weighted by Crippen LogP contribution is 2.34. The molecule has 0 fully saturated rings. The Balaban J connectivity index is 1.55. The molecule has 0 saturated heterocycles. The van der Waals surface area contributed by atoms with Crippen LogP contribution in [0.5, 0.6) is 17.2 Å². The quantitative estimate of drug-likeness (QED) is 0.249. The molecule has 1 amide bonds. The molecule has 0 saturated carbocycles. The smallest absolute Gasteiger partial charge is 0.318 e. The van der Waals surface area contributed by atoms with Crippen LogP contribution in [0.4, 0.5) is 11.4 Å². The van der Waals surface area contributed by atoms with Gasteiger partial charge in [-0.25, -0.2) is 5.43 Å². The molecule has 0 radical (unpaired) electrons. The molecule has 11 nitrogen and oxygen atoms in total. The molecule has 3 aromatic rings. The number of hydrogen-bond donors (Lipinski definition) is 1. The number of carbonyl (C=O) groups excluding carboxylic acids is 1. The zero-order valence-electron chi connectivity index (χ0n) is 16.7.